The van der Waals surface area contributed by atoms with E-state index in [0.717, 1.165) is 25.3 Å². The van der Waals surface area contributed by atoms with Crippen LogP contribution in [0.4, 0.5) is 0 Å². The first-order valence-corrected chi connectivity index (χ1v) is 8.41. The van der Waals surface area contributed by atoms with Gasteiger partial charge in [-0.25, -0.2) is 0 Å². The van der Waals surface area contributed by atoms with Crippen molar-refractivity contribution < 1.29 is 4.74 Å². The van der Waals surface area contributed by atoms with Crippen LogP contribution in [0, 0.1) is 0 Å². The summed E-state index contributed by atoms with van der Waals surface area (Å²) in [6, 6.07) is 9.03. The molecule has 1 aromatic carbocycles. The van der Waals surface area contributed by atoms with Crippen LogP contribution < -0.4 is 10.1 Å². The normalized spacial score (nSPS) is 13.2. The zero-order valence-electron chi connectivity index (χ0n) is 14.5. The minimum Gasteiger partial charge on any atom is -0.493 e. The molecule has 0 aliphatic heterocycles. The van der Waals surface area contributed by atoms with E-state index >= 15 is 0 Å². The van der Waals surface area contributed by atoms with E-state index in [2.05, 4.69) is 64.2 Å². The quantitative estimate of drug-likeness (QED) is 0.652. The molecule has 0 bridgehead atoms. The Labute approximate surface area is 131 Å². The molecule has 0 spiro atoms. The van der Waals surface area contributed by atoms with Crippen LogP contribution in [-0.2, 0) is 5.41 Å². The van der Waals surface area contributed by atoms with E-state index in [1.807, 2.05) is 0 Å². The lowest BCUT2D eigenvalue weighted by Gasteiger charge is -2.22. The summed E-state index contributed by atoms with van der Waals surface area (Å²) in [5.41, 5.74) is 1.43. The molecule has 1 N–H and O–H groups in total. The van der Waals surface area contributed by atoms with Crippen LogP contribution in [0.15, 0.2) is 24.3 Å². The Bertz CT molecular complexity index is 395. The third-order valence-electron chi connectivity index (χ3n) is 3.73. The second kappa shape index (κ2) is 9.09. The van der Waals surface area contributed by atoms with Gasteiger partial charge < -0.3 is 10.1 Å². The predicted molar refractivity (Wildman–Crippen MR) is 92.2 cm³/mol. The van der Waals surface area contributed by atoms with E-state index in [9.17, 15) is 0 Å². The summed E-state index contributed by atoms with van der Waals surface area (Å²) in [6.07, 6.45) is 4.77. The van der Waals surface area contributed by atoms with Gasteiger partial charge in [0.25, 0.3) is 0 Å². The first-order valence-electron chi connectivity index (χ1n) is 8.41. The number of hydrogen-bond acceptors (Lipinski definition) is 2. The Morgan fingerprint density at radius 2 is 1.86 bits per heavy atom. The zero-order valence-corrected chi connectivity index (χ0v) is 14.5. The lowest BCUT2D eigenvalue weighted by Crippen LogP contribution is -2.26. The maximum Gasteiger partial charge on any atom is 0.123 e. The van der Waals surface area contributed by atoms with Crippen molar-refractivity contribution in [3.8, 4) is 5.75 Å². The Balaban J connectivity index is 2.30. The predicted octanol–water partition coefficient (Wildman–Crippen LogP) is 4.92. The fraction of sp³-hybridized carbons (Fsp3) is 0.684. The summed E-state index contributed by atoms with van der Waals surface area (Å²) in [7, 11) is 0. The number of unbranched alkanes of at least 4 members (excludes halogenated alkanes) is 1. The molecule has 0 saturated heterocycles. The second-order valence-electron chi connectivity index (χ2n) is 6.95. The Hall–Kier alpha value is -1.02. The van der Waals surface area contributed by atoms with Gasteiger partial charge in [-0.3, -0.25) is 0 Å². The number of ether oxygens (including phenoxy) is 1. The van der Waals surface area contributed by atoms with Gasteiger partial charge in [0.2, 0.25) is 0 Å². The molecule has 0 heterocycles. The van der Waals surface area contributed by atoms with Crippen LogP contribution in [-0.4, -0.2) is 19.2 Å². The molecule has 21 heavy (non-hydrogen) atoms. The molecule has 0 amide bonds. The first kappa shape index (κ1) is 18.0. The van der Waals surface area contributed by atoms with E-state index in [0.29, 0.717) is 6.04 Å². The molecule has 1 unspecified atom stereocenters. The summed E-state index contributed by atoms with van der Waals surface area (Å²) in [4.78, 5) is 0. The lowest BCUT2D eigenvalue weighted by molar-refractivity contribution is 0.294. The summed E-state index contributed by atoms with van der Waals surface area (Å²) < 4.78 is 6.01. The number of benzene rings is 1. The number of hydrogen-bond donors (Lipinski definition) is 1. The number of para-hydroxylation sites is 1. The van der Waals surface area contributed by atoms with Crippen LogP contribution in [0.3, 0.4) is 0 Å². The van der Waals surface area contributed by atoms with Crippen molar-refractivity contribution in [1.29, 1.82) is 0 Å². The third-order valence-corrected chi connectivity index (χ3v) is 3.73. The SMILES string of the molecule is CCCNC(C)CCCCOc1ccccc1C(C)(C)C. The summed E-state index contributed by atoms with van der Waals surface area (Å²) in [5.74, 6) is 1.04. The van der Waals surface area contributed by atoms with Crippen LogP contribution in [0.2, 0.25) is 0 Å². The van der Waals surface area contributed by atoms with Crippen molar-refractivity contribution in [2.24, 2.45) is 0 Å². The molecule has 0 aromatic heterocycles. The highest BCUT2D eigenvalue weighted by Gasteiger charge is 2.18. The molecule has 1 atom stereocenters. The van der Waals surface area contributed by atoms with Gasteiger partial charge in [0.15, 0.2) is 0 Å². The molecule has 0 aliphatic rings. The molecule has 120 valence electrons. The maximum atomic E-state index is 6.01. The molecule has 1 aromatic rings. The van der Waals surface area contributed by atoms with Crippen LogP contribution in [0.5, 0.6) is 5.75 Å². The Kier molecular flexibility index (Phi) is 7.81. The highest BCUT2D eigenvalue weighted by molar-refractivity contribution is 5.38. The van der Waals surface area contributed by atoms with E-state index in [1.165, 1.54) is 24.8 Å². The van der Waals surface area contributed by atoms with Crippen molar-refractivity contribution in [2.45, 2.75) is 71.8 Å². The van der Waals surface area contributed by atoms with Crippen molar-refractivity contribution in [3.05, 3.63) is 29.8 Å². The van der Waals surface area contributed by atoms with Gasteiger partial charge in [0, 0.05) is 6.04 Å². The molecular weight excluding hydrogens is 258 g/mol. The lowest BCUT2D eigenvalue weighted by atomic mass is 9.86. The molecule has 0 saturated carbocycles. The van der Waals surface area contributed by atoms with Gasteiger partial charge in [-0.05, 0) is 56.2 Å². The van der Waals surface area contributed by atoms with E-state index in [1.54, 1.807) is 0 Å². The fourth-order valence-electron chi connectivity index (χ4n) is 2.44. The van der Waals surface area contributed by atoms with Crippen molar-refractivity contribution in [2.75, 3.05) is 13.2 Å². The highest BCUT2D eigenvalue weighted by atomic mass is 16.5. The van der Waals surface area contributed by atoms with Gasteiger partial charge in [0.1, 0.15) is 5.75 Å². The molecule has 0 aliphatic carbocycles. The zero-order chi connectivity index (χ0) is 15.7. The van der Waals surface area contributed by atoms with Gasteiger partial charge in [-0.1, -0.05) is 45.9 Å². The van der Waals surface area contributed by atoms with E-state index < -0.39 is 0 Å². The summed E-state index contributed by atoms with van der Waals surface area (Å²) in [5, 5.41) is 3.53. The second-order valence-corrected chi connectivity index (χ2v) is 6.95. The molecule has 0 radical (unpaired) electrons. The third kappa shape index (κ3) is 6.99. The molecule has 2 nitrogen and oxygen atoms in total. The fourth-order valence-corrected chi connectivity index (χ4v) is 2.44. The minimum atomic E-state index is 0.134. The standard InChI is InChI=1S/C19H33NO/c1-6-14-20-16(2)11-9-10-15-21-18-13-8-7-12-17(18)19(3,4)5/h7-8,12-13,16,20H,6,9-11,14-15H2,1-5H3. The average Bonchev–Trinajstić information content (AvgIpc) is 2.44. The van der Waals surface area contributed by atoms with Crippen LogP contribution in [0.1, 0.15) is 65.9 Å². The van der Waals surface area contributed by atoms with Crippen molar-refractivity contribution >= 4 is 0 Å². The monoisotopic (exact) mass is 291 g/mol. The maximum absolute atomic E-state index is 6.01. The summed E-state index contributed by atoms with van der Waals surface area (Å²) in [6.45, 7) is 13.1. The Morgan fingerprint density at radius 3 is 2.52 bits per heavy atom. The van der Waals surface area contributed by atoms with Crippen LogP contribution in [0.25, 0.3) is 0 Å². The summed E-state index contributed by atoms with van der Waals surface area (Å²) >= 11 is 0. The first-order chi connectivity index (χ1) is 9.95. The number of nitrogens with one attached hydrogen (secondary N) is 1. The van der Waals surface area contributed by atoms with Crippen LogP contribution >= 0.6 is 0 Å². The smallest absolute Gasteiger partial charge is 0.123 e. The van der Waals surface area contributed by atoms with Crippen molar-refractivity contribution in [1.82, 2.24) is 5.32 Å². The molecule has 1 rings (SSSR count). The van der Waals surface area contributed by atoms with E-state index in [4.69, 9.17) is 4.74 Å². The number of rotatable bonds is 9. The Morgan fingerprint density at radius 1 is 1.14 bits per heavy atom. The van der Waals surface area contributed by atoms with Gasteiger partial charge in [0.05, 0.1) is 6.61 Å². The molecule has 2 heteroatoms. The van der Waals surface area contributed by atoms with Crippen molar-refractivity contribution in [3.63, 3.8) is 0 Å². The molecular formula is C19H33NO. The topological polar surface area (TPSA) is 21.3 Å². The van der Waals surface area contributed by atoms with Gasteiger partial charge in [-0.2, -0.15) is 0 Å². The largest absolute Gasteiger partial charge is 0.493 e. The van der Waals surface area contributed by atoms with E-state index in [-0.39, 0.29) is 5.41 Å². The minimum absolute atomic E-state index is 0.134. The molecule has 0 fully saturated rings. The average molecular weight is 291 g/mol. The highest BCUT2D eigenvalue weighted by Crippen LogP contribution is 2.30. The van der Waals surface area contributed by atoms with Gasteiger partial charge >= 0.3 is 0 Å². The van der Waals surface area contributed by atoms with Gasteiger partial charge in [-0.15, -0.1) is 0 Å².